The Morgan fingerprint density at radius 3 is 2.74 bits per heavy atom. The molecule has 124 valence electrons. The fourth-order valence-corrected chi connectivity index (χ4v) is 2.37. The number of methoxy groups -OCH3 is 2. The van der Waals surface area contributed by atoms with Crippen LogP contribution in [-0.4, -0.2) is 44.1 Å². The molecule has 23 heavy (non-hydrogen) atoms. The highest BCUT2D eigenvalue weighted by Crippen LogP contribution is 2.36. The van der Waals surface area contributed by atoms with Crippen LogP contribution < -0.4 is 15.4 Å². The third-order valence-corrected chi connectivity index (χ3v) is 3.55. The topological polar surface area (TPSA) is 120 Å². The second kappa shape index (κ2) is 6.95. The van der Waals surface area contributed by atoms with Crippen molar-refractivity contribution in [1.82, 2.24) is 5.32 Å². The standard InChI is InChI=1S/C14H17N3O6/c1-22-11-5-9(14(19)23-2)4-10(17(20)21)13(11)16-7-8-3-12(18)15-6-8/h4-5,8,16H,3,6-7H2,1-2H3,(H,15,18). The van der Waals surface area contributed by atoms with E-state index in [0.717, 1.165) is 6.07 Å². The Balaban J connectivity index is 2.30. The van der Waals surface area contributed by atoms with Crippen LogP contribution in [0.25, 0.3) is 0 Å². The molecule has 1 aliphatic rings. The minimum atomic E-state index is -0.691. The fourth-order valence-electron chi connectivity index (χ4n) is 2.37. The zero-order valence-corrected chi connectivity index (χ0v) is 12.8. The highest BCUT2D eigenvalue weighted by Gasteiger charge is 2.26. The van der Waals surface area contributed by atoms with Gasteiger partial charge in [-0.05, 0) is 6.07 Å². The number of carbonyl (C=O) groups excluding carboxylic acids is 2. The van der Waals surface area contributed by atoms with Crippen molar-refractivity contribution in [2.45, 2.75) is 6.42 Å². The molecule has 1 saturated heterocycles. The molecule has 2 N–H and O–H groups in total. The molecule has 0 aromatic heterocycles. The number of amides is 1. The molecule has 1 aromatic rings. The molecule has 1 unspecified atom stereocenters. The van der Waals surface area contributed by atoms with E-state index in [2.05, 4.69) is 15.4 Å². The Morgan fingerprint density at radius 2 is 2.22 bits per heavy atom. The highest BCUT2D eigenvalue weighted by atomic mass is 16.6. The van der Waals surface area contributed by atoms with Crippen molar-refractivity contribution in [3.8, 4) is 5.75 Å². The number of rotatable bonds is 6. The van der Waals surface area contributed by atoms with Crippen LogP contribution in [0.5, 0.6) is 5.75 Å². The van der Waals surface area contributed by atoms with Crippen molar-refractivity contribution >= 4 is 23.3 Å². The van der Waals surface area contributed by atoms with Crippen molar-refractivity contribution in [1.29, 1.82) is 0 Å². The Bertz CT molecular complexity index is 646. The number of nitrogens with zero attached hydrogens (tertiary/aromatic N) is 1. The lowest BCUT2D eigenvalue weighted by molar-refractivity contribution is -0.384. The van der Waals surface area contributed by atoms with Gasteiger partial charge in [-0.3, -0.25) is 14.9 Å². The van der Waals surface area contributed by atoms with Crippen molar-refractivity contribution in [3.05, 3.63) is 27.8 Å². The highest BCUT2D eigenvalue weighted by molar-refractivity contribution is 5.93. The molecule has 0 aliphatic carbocycles. The van der Waals surface area contributed by atoms with E-state index in [1.165, 1.54) is 20.3 Å². The lowest BCUT2D eigenvalue weighted by atomic mass is 10.1. The van der Waals surface area contributed by atoms with Crippen LogP contribution >= 0.6 is 0 Å². The third kappa shape index (κ3) is 3.68. The van der Waals surface area contributed by atoms with Gasteiger partial charge in [0.15, 0.2) is 5.69 Å². The molecule has 0 saturated carbocycles. The molecule has 1 fully saturated rings. The van der Waals surface area contributed by atoms with E-state index in [0.29, 0.717) is 19.5 Å². The number of ether oxygens (including phenoxy) is 2. The van der Waals surface area contributed by atoms with E-state index in [-0.39, 0.29) is 34.5 Å². The molecule has 1 aliphatic heterocycles. The van der Waals surface area contributed by atoms with Crippen molar-refractivity contribution < 1.29 is 24.0 Å². The normalized spacial score (nSPS) is 16.6. The van der Waals surface area contributed by atoms with Gasteiger partial charge in [-0.2, -0.15) is 0 Å². The second-order valence-electron chi connectivity index (χ2n) is 5.08. The van der Waals surface area contributed by atoms with Gasteiger partial charge in [0.05, 0.1) is 24.7 Å². The first-order valence-corrected chi connectivity index (χ1v) is 6.91. The van der Waals surface area contributed by atoms with Crippen LogP contribution in [0.1, 0.15) is 16.8 Å². The number of carbonyl (C=O) groups is 2. The van der Waals surface area contributed by atoms with Gasteiger partial charge < -0.3 is 20.1 Å². The Morgan fingerprint density at radius 1 is 1.48 bits per heavy atom. The Labute approximate surface area is 132 Å². The number of nitrogens with one attached hydrogen (secondary N) is 2. The van der Waals surface area contributed by atoms with Crippen molar-refractivity contribution in [2.75, 3.05) is 32.6 Å². The maximum Gasteiger partial charge on any atom is 0.338 e. The molecule has 0 radical (unpaired) electrons. The van der Waals surface area contributed by atoms with Gasteiger partial charge in [0.25, 0.3) is 5.69 Å². The summed E-state index contributed by atoms with van der Waals surface area (Å²) in [4.78, 5) is 33.5. The van der Waals surface area contributed by atoms with E-state index in [1.807, 2.05) is 0 Å². The van der Waals surface area contributed by atoms with Gasteiger partial charge in [-0.15, -0.1) is 0 Å². The minimum absolute atomic E-state index is 0.0271. The summed E-state index contributed by atoms with van der Waals surface area (Å²) in [6.45, 7) is 0.885. The Hall–Kier alpha value is -2.84. The number of esters is 1. The molecule has 1 aromatic carbocycles. The van der Waals surface area contributed by atoms with Crippen molar-refractivity contribution in [2.24, 2.45) is 5.92 Å². The summed E-state index contributed by atoms with van der Waals surface area (Å²) in [5, 5.41) is 16.9. The molecule has 0 bridgehead atoms. The SMILES string of the molecule is COC(=O)c1cc(OC)c(NCC2CNC(=O)C2)c([N+](=O)[O-])c1. The summed E-state index contributed by atoms with van der Waals surface area (Å²) in [5.74, 6) is -0.535. The predicted molar refractivity (Wildman–Crippen MR) is 80.6 cm³/mol. The van der Waals surface area contributed by atoms with Gasteiger partial charge >= 0.3 is 5.97 Å². The first-order chi connectivity index (χ1) is 11.0. The van der Waals surface area contributed by atoms with Crippen molar-refractivity contribution in [3.63, 3.8) is 0 Å². The summed E-state index contributed by atoms with van der Waals surface area (Å²) in [7, 11) is 2.54. The third-order valence-electron chi connectivity index (χ3n) is 3.55. The van der Waals surface area contributed by atoms with E-state index < -0.39 is 10.9 Å². The van der Waals surface area contributed by atoms with Crippen LogP contribution in [0.15, 0.2) is 12.1 Å². The molecule has 9 heteroatoms. The molecular formula is C14H17N3O6. The van der Waals surface area contributed by atoms with E-state index >= 15 is 0 Å². The first-order valence-electron chi connectivity index (χ1n) is 6.91. The second-order valence-corrected chi connectivity index (χ2v) is 5.08. The number of hydrogen-bond acceptors (Lipinski definition) is 7. The number of hydrogen-bond donors (Lipinski definition) is 2. The molecule has 0 spiro atoms. The number of benzene rings is 1. The largest absolute Gasteiger partial charge is 0.494 e. The summed E-state index contributed by atoms with van der Waals surface area (Å²) in [5.41, 5.74) is -0.0918. The predicted octanol–water partition coefficient (Wildman–Crippen LogP) is 0.938. The first kappa shape index (κ1) is 16.5. The van der Waals surface area contributed by atoms with Gasteiger partial charge in [-0.1, -0.05) is 0 Å². The van der Waals surface area contributed by atoms with Crippen LogP contribution in [0, 0.1) is 16.0 Å². The average Bonchev–Trinajstić information content (AvgIpc) is 2.96. The van der Waals surface area contributed by atoms with Gasteiger partial charge in [0, 0.05) is 31.5 Å². The molecule has 1 amide bonds. The van der Waals surface area contributed by atoms with E-state index in [9.17, 15) is 19.7 Å². The number of anilines is 1. The van der Waals surface area contributed by atoms with E-state index in [1.54, 1.807) is 0 Å². The summed E-state index contributed by atoms with van der Waals surface area (Å²) >= 11 is 0. The van der Waals surface area contributed by atoms with Crippen LogP contribution in [-0.2, 0) is 9.53 Å². The average molecular weight is 323 g/mol. The molecule has 2 rings (SSSR count). The Kier molecular flexibility index (Phi) is 4.99. The fraction of sp³-hybridized carbons (Fsp3) is 0.429. The molecule has 9 nitrogen and oxygen atoms in total. The molecular weight excluding hydrogens is 306 g/mol. The molecule has 1 atom stereocenters. The van der Waals surface area contributed by atoms with Crippen LogP contribution in [0.3, 0.4) is 0 Å². The van der Waals surface area contributed by atoms with Gasteiger partial charge in [-0.25, -0.2) is 4.79 Å². The minimum Gasteiger partial charge on any atom is -0.494 e. The van der Waals surface area contributed by atoms with Crippen LogP contribution in [0.4, 0.5) is 11.4 Å². The maximum absolute atomic E-state index is 11.6. The zero-order valence-electron chi connectivity index (χ0n) is 12.8. The zero-order chi connectivity index (χ0) is 17.0. The smallest absolute Gasteiger partial charge is 0.338 e. The lowest BCUT2D eigenvalue weighted by Crippen LogP contribution is -2.19. The number of nitro groups is 1. The van der Waals surface area contributed by atoms with E-state index in [4.69, 9.17) is 4.74 Å². The maximum atomic E-state index is 11.6. The summed E-state index contributed by atoms with van der Waals surface area (Å²) in [6.07, 6.45) is 0.364. The molecule has 1 heterocycles. The summed E-state index contributed by atoms with van der Waals surface area (Å²) in [6, 6.07) is 2.51. The van der Waals surface area contributed by atoms with Gasteiger partial charge in [0.2, 0.25) is 5.91 Å². The monoisotopic (exact) mass is 323 g/mol. The quantitative estimate of drug-likeness (QED) is 0.454. The summed E-state index contributed by atoms with van der Waals surface area (Å²) < 4.78 is 9.73. The van der Waals surface area contributed by atoms with Gasteiger partial charge in [0.1, 0.15) is 5.75 Å². The van der Waals surface area contributed by atoms with Crippen LogP contribution in [0.2, 0.25) is 0 Å². The lowest BCUT2D eigenvalue weighted by Gasteiger charge is -2.15. The number of nitro benzene ring substituents is 1.